The van der Waals surface area contributed by atoms with Crippen molar-refractivity contribution in [3.63, 3.8) is 0 Å². The van der Waals surface area contributed by atoms with Gasteiger partial charge in [-0.15, -0.1) is 6.58 Å². The highest BCUT2D eigenvalue weighted by Gasteiger charge is 2.12. The number of nitrogens with zero attached hydrogens (tertiary/aromatic N) is 2. The molecule has 1 unspecified atom stereocenters. The number of allylic oxidation sites excluding steroid dienone is 2. The van der Waals surface area contributed by atoms with Crippen LogP contribution in [0.25, 0.3) is 28.3 Å². The summed E-state index contributed by atoms with van der Waals surface area (Å²) in [7, 11) is 0. The Labute approximate surface area is 157 Å². The summed E-state index contributed by atoms with van der Waals surface area (Å²) in [5, 5.41) is 0. The molecule has 0 radical (unpaired) electrons. The molecule has 0 saturated carbocycles. The fourth-order valence-electron chi connectivity index (χ4n) is 2.84. The summed E-state index contributed by atoms with van der Waals surface area (Å²) in [6, 6.07) is 11.5. The summed E-state index contributed by atoms with van der Waals surface area (Å²) in [5.41, 5.74) is 6.74. The fourth-order valence-corrected chi connectivity index (χ4v) is 2.84. The van der Waals surface area contributed by atoms with Gasteiger partial charge in [-0.25, -0.2) is 9.37 Å². The van der Waals surface area contributed by atoms with Gasteiger partial charge >= 0.3 is 0 Å². The van der Waals surface area contributed by atoms with Crippen LogP contribution < -0.4 is 0 Å². The number of rotatable bonds is 2. The van der Waals surface area contributed by atoms with Crippen molar-refractivity contribution in [3.8, 4) is 22.3 Å². The quantitative estimate of drug-likeness (QED) is 0.410. The van der Waals surface area contributed by atoms with Crippen molar-refractivity contribution in [1.82, 2.24) is 9.97 Å². The molecule has 0 spiro atoms. The average Bonchev–Trinajstić information content (AvgIpc) is 2.88. The number of alkyl halides is 1. The summed E-state index contributed by atoms with van der Waals surface area (Å²) in [6.45, 7) is 4.62. The molecule has 136 valence electrons. The Bertz CT molecular complexity index is 960. The second kappa shape index (κ2) is 8.49. The van der Waals surface area contributed by atoms with Gasteiger partial charge in [0.1, 0.15) is 6.17 Å². The Morgan fingerprint density at radius 2 is 1.85 bits per heavy atom. The van der Waals surface area contributed by atoms with Gasteiger partial charge in [0.15, 0.2) is 0 Å². The summed E-state index contributed by atoms with van der Waals surface area (Å²) in [6.07, 6.45) is 10.9. The third-order valence-electron chi connectivity index (χ3n) is 4.27. The molecule has 1 atom stereocenters. The van der Waals surface area contributed by atoms with Crippen LogP contribution in [-0.2, 0) is 6.42 Å². The number of fused-ring (bicyclic) bond motifs is 3. The Hall–Kier alpha value is -3.14. The van der Waals surface area contributed by atoms with Crippen molar-refractivity contribution in [3.05, 3.63) is 90.8 Å². The topological polar surface area (TPSA) is 25.8 Å². The van der Waals surface area contributed by atoms with Crippen molar-refractivity contribution in [2.45, 2.75) is 19.5 Å². The minimum Gasteiger partial charge on any atom is -0.264 e. The number of aromatic nitrogens is 2. The van der Waals surface area contributed by atoms with Gasteiger partial charge in [0.25, 0.3) is 0 Å². The molecule has 4 heteroatoms. The standard InChI is InChI=1S/C19H13FN2.C4H7F/c20-19-7-5-16(11-22-19)14-4-6-17-15(10-14)3-1-2-13-8-9-21-12-18(13)17;1-3-4(2)5/h1-2,4-12H,3H2;3-4H,1H2,2H3. The Morgan fingerprint density at radius 1 is 1.07 bits per heavy atom. The molecule has 0 aliphatic heterocycles. The second-order valence-corrected chi connectivity index (χ2v) is 6.22. The minimum atomic E-state index is -0.852. The van der Waals surface area contributed by atoms with Crippen LogP contribution in [0, 0.1) is 5.95 Å². The minimum absolute atomic E-state index is 0.457. The van der Waals surface area contributed by atoms with Crippen molar-refractivity contribution in [2.75, 3.05) is 0 Å². The van der Waals surface area contributed by atoms with Crippen molar-refractivity contribution in [2.24, 2.45) is 0 Å². The molecule has 0 amide bonds. The average molecular weight is 362 g/mol. The number of benzene rings is 1. The molecule has 4 rings (SSSR count). The first-order valence-electron chi connectivity index (χ1n) is 8.71. The second-order valence-electron chi connectivity index (χ2n) is 6.22. The van der Waals surface area contributed by atoms with Crippen LogP contribution in [0.1, 0.15) is 18.1 Å². The predicted octanol–water partition coefficient (Wildman–Crippen LogP) is 6.05. The molecule has 0 N–H and O–H groups in total. The van der Waals surface area contributed by atoms with Gasteiger partial charge in [-0.1, -0.05) is 36.4 Å². The first kappa shape index (κ1) is 18.6. The van der Waals surface area contributed by atoms with E-state index in [1.807, 2.05) is 18.5 Å². The van der Waals surface area contributed by atoms with Crippen LogP contribution in [0.3, 0.4) is 0 Å². The van der Waals surface area contributed by atoms with Gasteiger partial charge < -0.3 is 0 Å². The SMILES string of the molecule is C=CC(C)F.Fc1ccc(-c2ccc3c(c2)CC=Cc2ccncc2-3)cn1. The largest absolute Gasteiger partial charge is 0.264 e. The van der Waals surface area contributed by atoms with E-state index in [2.05, 4.69) is 46.9 Å². The molecule has 0 fully saturated rings. The maximum absolute atomic E-state index is 13.0. The molecule has 3 aromatic rings. The van der Waals surface area contributed by atoms with Crippen molar-refractivity contribution >= 4 is 6.08 Å². The lowest BCUT2D eigenvalue weighted by Gasteiger charge is -2.11. The molecule has 1 aromatic carbocycles. The molecule has 1 aliphatic rings. The lowest BCUT2D eigenvalue weighted by atomic mass is 9.94. The maximum Gasteiger partial charge on any atom is 0.212 e. The third kappa shape index (κ3) is 4.53. The van der Waals surface area contributed by atoms with Crippen LogP contribution in [0.4, 0.5) is 8.78 Å². The summed E-state index contributed by atoms with van der Waals surface area (Å²) < 4.78 is 24.3. The van der Waals surface area contributed by atoms with E-state index in [4.69, 9.17) is 0 Å². The van der Waals surface area contributed by atoms with E-state index in [1.54, 1.807) is 12.3 Å². The zero-order chi connectivity index (χ0) is 19.2. The first-order valence-corrected chi connectivity index (χ1v) is 8.71. The molecule has 2 heterocycles. The molecule has 1 aliphatic carbocycles. The van der Waals surface area contributed by atoms with Gasteiger partial charge in [0, 0.05) is 29.7 Å². The van der Waals surface area contributed by atoms with E-state index < -0.39 is 12.1 Å². The Balaban J connectivity index is 0.000000376. The number of hydrogen-bond donors (Lipinski definition) is 0. The van der Waals surface area contributed by atoms with Gasteiger partial charge in [-0.05, 0) is 53.8 Å². The van der Waals surface area contributed by atoms with Crippen LogP contribution in [0.15, 0.2) is 73.7 Å². The molecule has 0 bridgehead atoms. The van der Waals surface area contributed by atoms with E-state index in [1.165, 1.54) is 35.8 Å². The van der Waals surface area contributed by atoms with E-state index >= 15 is 0 Å². The number of halogens is 2. The van der Waals surface area contributed by atoms with Crippen LogP contribution in [-0.4, -0.2) is 16.1 Å². The molecule has 0 saturated heterocycles. The van der Waals surface area contributed by atoms with Gasteiger partial charge in [-0.3, -0.25) is 4.98 Å². The van der Waals surface area contributed by atoms with Crippen LogP contribution in [0.2, 0.25) is 0 Å². The van der Waals surface area contributed by atoms with Crippen LogP contribution >= 0.6 is 0 Å². The van der Waals surface area contributed by atoms with Gasteiger partial charge in [0.05, 0.1) is 0 Å². The molecule has 27 heavy (non-hydrogen) atoms. The highest BCUT2D eigenvalue weighted by Crippen LogP contribution is 2.33. The smallest absolute Gasteiger partial charge is 0.212 e. The summed E-state index contributed by atoms with van der Waals surface area (Å²) >= 11 is 0. The maximum atomic E-state index is 13.0. The first-order chi connectivity index (χ1) is 13.1. The number of hydrogen-bond acceptors (Lipinski definition) is 2. The monoisotopic (exact) mass is 362 g/mol. The van der Waals surface area contributed by atoms with Gasteiger partial charge in [0.2, 0.25) is 5.95 Å². The Morgan fingerprint density at radius 3 is 2.56 bits per heavy atom. The zero-order valence-electron chi connectivity index (χ0n) is 15.1. The molecular weight excluding hydrogens is 342 g/mol. The van der Waals surface area contributed by atoms with Gasteiger partial charge in [-0.2, -0.15) is 4.39 Å². The fraction of sp³-hybridized carbons (Fsp3) is 0.130. The molecular formula is C23H20F2N2. The highest BCUT2D eigenvalue weighted by molar-refractivity contribution is 5.81. The van der Waals surface area contributed by atoms with E-state index in [0.29, 0.717) is 0 Å². The highest BCUT2D eigenvalue weighted by atomic mass is 19.1. The Kier molecular flexibility index (Phi) is 5.87. The lowest BCUT2D eigenvalue weighted by Crippen LogP contribution is -1.91. The lowest BCUT2D eigenvalue weighted by molar-refractivity contribution is 0.431. The zero-order valence-corrected chi connectivity index (χ0v) is 15.1. The normalized spacial score (nSPS) is 12.7. The predicted molar refractivity (Wildman–Crippen MR) is 106 cm³/mol. The van der Waals surface area contributed by atoms with Crippen molar-refractivity contribution < 1.29 is 8.78 Å². The van der Waals surface area contributed by atoms with E-state index in [-0.39, 0.29) is 0 Å². The van der Waals surface area contributed by atoms with E-state index in [0.717, 1.165) is 23.1 Å². The molecule has 2 nitrogen and oxygen atoms in total. The van der Waals surface area contributed by atoms with E-state index in [9.17, 15) is 8.78 Å². The molecule has 2 aromatic heterocycles. The number of pyridine rings is 2. The summed E-state index contributed by atoms with van der Waals surface area (Å²) in [4.78, 5) is 7.97. The van der Waals surface area contributed by atoms with Crippen LogP contribution in [0.5, 0.6) is 0 Å². The third-order valence-corrected chi connectivity index (χ3v) is 4.27. The van der Waals surface area contributed by atoms with Crippen molar-refractivity contribution in [1.29, 1.82) is 0 Å². The summed E-state index contributed by atoms with van der Waals surface area (Å²) in [5.74, 6) is -0.457.